The zero-order valence-corrected chi connectivity index (χ0v) is 28.8. The maximum atomic E-state index is 12.6. The molecule has 0 spiro atoms. The Morgan fingerprint density at radius 3 is 2.42 bits per heavy atom. The zero-order valence-electron chi connectivity index (χ0n) is 25.2. The number of fused-ring (bicyclic) bond motifs is 1. The molecule has 2 aromatic rings. The van der Waals surface area contributed by atoms with E-state index in [-0.39, 0.29) is 35.9 Å². The molecule has 27 heteroatoms. The van der Waals surface area contributed by atoms with E-state index >= 15 is 0 Å². The van der Waals surface area contributed by atoms with E-state index in [0.29, 0.717) is 12.3 Å². The van der Waals surface area contributed by atoms with Crippen molar-refractivity contribution in [3.8, 4) is 0 Å². The minimum absolute atomic E-state index is 0.0363. The van der Waals surface area contributed by atoms with Crippen molar-refractivity contribution in [1.29, 1.82) is 0 Å². The lowest BCUT2D eigenvalue weighted by atomic mass is 9.87. The molecule has 3 rings (SSSR count). The molecule has 2 aromatic heterocycles. The molecule has 0 radical (unpaired) electrons. The summed E-state index contributed by atoms with van der Waals surface area (Å²) in [6.07, 6.45) is -6.74. The lowest BCUT2D eigenvalue weighted by Crippen LogP contribution is -2.46. The first-order valence-corrected chi connectivity index (χ1v) is 18.8. The van der Waals surface area contributed by atoms with Crippen molar-refractivity contribution in [3.63, 3.8) is 0 Å². The fourth-order valence-corrected chi connectivity index (χ4v) is 7.08. The highest BCUT2D eigenvalue weighted by Crippen LogP contribution is 2.61. The molecule has 0 saturated carbocycles. The molecular weight excluding hydrogens is 731 g/mol. The molecule has 0 aliphatic carbocycles. The van der Waals surface area contributed by atoms with Gasteiger partial charge in [0.15, 0.2) is 17.7 Å². The average molecular weight is 768 g/mol. The van der Waals surface area contributed by atoms with Crippen LogP contribution in [0.4, 0.5) is 5.82 Å². The van der Waals surface area contributed by atoms with Gasteiger partial charge in [-0.05, 0) is 0 Å². The van der Waals surface area contributed by atoms with E-state index in [1.54, 1.807) is 0 Å². The van der Waals surface area contributed by atoms with Crippen LogP contribution in [0.3, 0.4) is 0 Å². The van der Waals surface area contributed by atoms with Gasteiger partial charge in [0.25, 0.3) is 0 Å². The highest BCUT2D eigenvalue weighted by atomic mass is 32.1. The topological polar surface area (TPSA) is 347 Å². The van der Waals surface area contributed by atoms with E-state index < -0.39 is 78.6 Å². The summed E-state index contributed by atoms with van der Waals surface area (Å²) in [6, 6.07) is 0. The predicted octanol–water partition coefficient (Wildman–Crippen LogP) is -1.67. The number of carbonyl (C=O) groups is 2. The number of hydrogen-bond donors (Lipinski definition) is 10. The number of hydrogen-bond acceptors (Lipinski definition) is 17. The number of anilines is 1. The predicted molar refractivity (Wildman–Crippen MR) is 163 cm³/mol. The smallest absolute Gasteiger partial charge is 0.386 e. The molecule has 6 unspecified atom stereocenters. The van der Waals surface area contributed by atoms with Crippen LogP contribution in [0.15, 0.2) is 12.7 Å². The van der Waals surface area contributed by atoms with Crippen LogP contribution in [0, 0.1) is 5.41 Å². The maximum absolute atomic E-state index is 12.6. The van der Waals surface area contributed by atoms with E-state index in [0.717, 1.165) is 17.2 Å². The van der Waals surface area contributed by atoms with Crippen molar-refractivity contribution in [2.45, 2.75) is 50.9 Å². The minimum atomic E-state index is -5.54. The lowest BCUT2D eigenvalue weighted by Gasteiger charge is -2.30. The fourth-order valence-electron chi connectivity index (χ4n) is 4.14. The standard InChI is InChI=1S/C21H36N7O16P3S/c1-21(2,16(31)19(32)24-4-3-12(29)23-5-6-48)8-41-47(38,39)44-46(36,37)40-7-11-15(43-45(33,34)35)14(30)20(42-11)28-10-27-13-17(22)25-9-26-18(13)28/h9-11,14-16,20,30-31,48H,3-8H2,1-2H3,(H,23,29)(H,24,32)(H,36,37)(H,38,39)(H2,22,25,26)(H2,33,34,35)/t11?,14?,15?,16-,20?/m0/s1. The van der Waals surface area contributed by atoms with Crippen LogP contribution in [0.2, 0.25) is 0 Å². The molecule has 1 aliphatic rings. The van der Waals surface area contributed by atoms with Crippen LogP contribution in [-0.4, -0.2) is 118 Å². The van der Waals surface area contributed by atoms with Crippen molar-refractivity contribution >= 4 is 64.9 Å². The van der Waals surface area contributed by atoms with Crippen molar-refractivity contribution in [2.75, 3.05) is 37.8 Å². The molecule has 7 atom stereocenters. The summed E-state index contributed by atoms with van der Waals surface area (Å²) in [6.45, 7) is 0.723. The van der Waals surface area contributed by atoms with E-state index in [4.69, 9.17) is 19.5 Å². The molecule has 0 aromatic carbocycles. The first-order chi connectivity index (χ1) is 22.2. The van der Waals surface area contributed by atoms with E-state index in [1.807, 2.05) is 0 Å². The molecule has 10 N–H and O–H groups in total. The Hall–Kier alpha value is -2.11. The third kappa shape index (κ3) is 11.2. The van der Waals surface area contributed by atoms with Gasteiger partial charge in [0.1, 0.15) is 36.3 Å². The summed E-state index contributed by atoms with van der Waals surface area (Å²) in [4.78, 5) is 74.6. The van der Waals surface area contributed by atoms with Crippen LogP contribution < -0.4 is 16.4 Å². The van der Waals surface area contributed by atoms with Gasteiger partial charge in [-0.2, -0.15) is 16.9 Å². The molecule has 23 nitrogen and oxygen atoms in total. The third-order valence-corrected chi connectivity index (χ3v) is 9.83. The second-order valence-corrected chi connectivity index (χ2v) is 15.5. The van der Waals surface area contributed by atoms with E-state index in [2.05, 4.69) is 47.0 Å². The maximum Gasteiger partial charge on any atom is 0.481 e. The van der Waals surface area contributed by atoms with Gasteiger partial charge < -0.3 is 50.9 Å². The zero-order chi connectivity index (χ0) is 36.1. The Morgan fingerprint density at radius 1 is 1.10 bits per heavy atom. The van der Waals surface area contributed by atoms with Crippen molar-refractivity contribution in [3.05, 3.63) is 12.7 Å². The van der Waals surface area contributed by atoms with Crippen LogP contribution in [0.5, 0.6) is 0 Å². The second-order valence-electron chi connectivity index (χ2n) is 10.8. The number of nitrogens with one attached hydrogen (secondary N) is 2. The number of imidazole rings is 1. The van der Waals surface area contributed by atoms with Crippen LogP contribution in [-0.2, 0) is 45.9 Å². The number of thiol groups is 1. The quantitative estimate of drug-likeness (QED) is 0.0599. The van der Waals surface area contributed by atoms with Gasteiger partial charge in [0.2, 0.25) is 11.8 Å². The highest BCUT2D eigenvalue weighted by molar-refractivity contribution is 7.80. The number of nitrogen functional groups attached to an aromatic ring is 1. The number of nitrogens with zero attached hydrogens (tertiary/aromatic N) is 4. The van der Waals surface area contributed by atoms with Gasteiger partial charge >= 0.3 is 23.5 Å². The summed E-state index contributed by atoms with van der Waals surface area (Å²) >= 11 is 3.95. The van der Waals surface area contributed by atoms with Crippen molar-refractivity contribution in [1.82, 2.24) is 30.2 Å². The van der Waals surface area contributed by atoms with Crippen LogP contribution >= 0.6 is 36.1 Å². The number of amides is 2. The van der Waals surface area contributed by atoms with Gasteiger partial charge in [0.05, 0.1) is 19.5 Å². The summed E-state index contributed by atoms with van der Waals surface area (Å²) in [5, 5.41) is 26.1. The van der Waals surface area contributed by atoms with E-state index in [9.17, 15) is 53.1 Å². The fraction of sp³-hybridized carbons (Fsp3) is 0.667. The summed E-state index contributed by atoms with van der Waals surface area (Å²) in [7, 11) is -16.3. The number of aliphatic hydroxyl groups excluding tert-OH is 2. The Bertz CT molecular complexity index is 1590. The molecule has 1 saturated heterocycles. The number of carbonyl (C=O) groups excluding carboxylic acids is 2. The van der Waals surface area contributed by atoms with Gasteiger partial charge in [-0.1, -0.05) is 13.8 Å². The Kier molecular flexibility index (Phi) is 13.7. The normalized spacial score (nSPS) is 23.4. The van der Waals surface area contributed by atoms with Gasteiger partial charge in [-0.15, -0.1) is 0 Å². The van der Waals surface area contributed by atoms with Gasteiger partial charge in [-0.25, -0.2) is 28.6 Å². The molecule has 3 heterocycles. The highest BCUT2D eigenvalue weighted by Gasteiger charge is 2.50. The van der Waals surface area contributed by atoms with E-state index in [1.165, 1.54) is 13.8 Å². The first kappa shape index (κ1) is 40.3. The van der Waals surface area contributed by atoms with Gasteiger partial charge in [0, 0.05) is 30.7 Å². The van der Waals surface area contributed by atoms with Crippen LogP contribution in [0.1, 0.15) is 26.5 Å². The third-order valence-electron chi connectivity index (χ3n) is 6.51. The largest absolute Gasteiger partial charge is 0.481 e. The minimum Gasteiger partial charge on any atom is -0.386 e. The molecular formula is C21H36N7O16P3S. The molecule has 48 heavy (non-hydrogen) atoms. The summed E-state index contributed by atoms with van der Waals surface area (Å²) < 4.78 is 61.7. The number of aliphatic hydroxyl groups is 2. The Labute approximate surface area is 277 Å². The average Bonchev–Trinajstić information content (AvgIpc) is 3.54. The van der Waals surface area contributed by atoms with Gasteiger partial charge in [-0.3, -0.25) is 27.7 Å². The summed E-state index contributed by atoms with van der Waals surface area (Å²) in [5.74, 6) is -0.943. The summed E-state index contributed by atoms with van der Waals surface area (Å²) in [5.41, 5.74) is 4.30. The molecule has 0 bridgehead atoms. The SMILES string of the molecule is CC(C)(COP(=O)(O)OP(=O)(O)OCC1OC(n2cnc3c(N)ncnc32)C(O)C1OP(=O)(O)O)[C@@H](O)C(=O)NCCC(=O)NCCS. The number of nitrogens with two attached hydrogens (primary N) is 1. The van der Waals surface area contributed by atoms with Crippen molar-refractivity contribution < 1.29 is 75.7 Å². The monoisotopic (exact) mass is 767 g/mol. The number of rotatable bonds is 18. The number of phosphoric ester groups is 3. The van der Waals surface area contributed by atoms with Crippen LogP contribution in [0.25, 0.3) is 11.2 Å². The first-order valence-electron chi connectivity index (χ1n) is 13.7. The molecule has 272 valence electrons. The number of phosphoric acid groups is 3. The molecule has 2 amide bonds. The Balaban J connectivity index is 1.61. The van der Waals surface area contributed by atoms with Crippen molar-refractivity contribution in [2.24, 2.45) is 5.41 Å². The second kappa shape index (κ2) is 16.3. The Morgan fingerprint density at radius 2 is 1.77 bits per heavy atom. The lowest BCUT2D eigenvalue weighted by molar-refractivity contribution is -0.137. The number of aromatic nitrogens is 4. The molecule has 1 fully saturated rings. The molecule has 1 aliphatic heterocycles. The number of ether oxygens (including phenoxy) is 1.